The number of nitrogens with one attached hydrogen (secondary N) is 2. The van der Waals surface area contributed by atoms with Gasteiger partial charge in [-0.25, -0.2) is 0 Å². The number of hydrogen-bond acceptors (Lipinski definition) is 4. The first-order valence-electron chi connectivity index (χ1n) is 7.18. The van der Waals surface area contributed by atoms with Crippen LogP contribution in [-0.4, -0.2) is 47.8 Å². The van der Waals surface area contributed by atoms with Gasteiger partial charge in [0.25, 0.3) is 0 Å². The minimum absolute atomic E-state index is 0.0241. The molecule has 0 aromatic heterocycles. The Morgan fingerprint density at radius 2 is 1.75 bits per heavy atom. The van der Waals surface area contributed by atoms with E-state index >= 15 is 0 Å². The molecule has 0 saturated heterocycles. The zero-order valence-corrected chi connectivity index (χ0v) is 12.7. The maximum Gasteiger partial charge on any atom is 0.249 e. The first-order valence-corrected chi connectivity index (χ1v) is 7.18. The summed E-state index contributed by atoms with van der Waals surface area (Å²) in [6.45, 7) is 6.02. The molecule has 0 rings (SSSR count). The van der Waals surface area contributed by atoms with Crippen LogP contribution in [0, 0.1) is 5.41 Å². The van der Waals surface area contributed by atoms with Crippen molar-refractivity contribution in [3.63, 3.8) is 0 Å². The number of carbonyl (C=O) groups excluding carboxylic acids is 2. The van der Waals surface area contributed by atoms with E-state index in [1.54, 1.807) is 13.8 Å². The first kappa shape index (κ1) is 18.9. The van der Waals surface area contributed by atoms with Gasteiger partial charge in [-0.05, 0) is 12.8 Å². The molecule has 0 aromatic rings. The fraction of sp³-hybridized carbons (Fsp3) is 0.857. The van der Waals surface area contributed by atoms with Gasteiger partial charge in [-0.15, -0.1) is 0 Å². The molecule has 6 heteroatoms. The molecule has 0 saturated carbocycles. The predicted octanol–water partition coefficient (Wildman–Crippen LogP) is 0.179. The van der Waals surface area contributed by atoms with Gasteiger partial charge < -0.3 is 20.8 Å². The highest BCUT2D eigenvalue weighted by atomic mass is 16.3. The van der Waals surface area contributed by atoms with Crippen LogP contribution in [-0.2, 0) is 9.59 Å². The molecule has 118 valence electrons. The van der Waals surface area contributed by atoms with Gasteiger partial charge in [0.2, 0.25) is 11.8 Å². The highest BCUT2D eigenvalue weighted by Gasteiger charge is 2.32. The molecule has 6 nitrogen and oxygen atoms in total. The molecular weight excluding hydrogens is 260 g/mol. The second-order valence-corrected chi connectivity index (χ2v) is 5.65. The molecule has 0 spiro atoms. The van der Waals surface area contributed by atoms with Crippen molar-refractivity contribution in [1.82, 2.24) is 10.6 Å². The summed E-state index contributed by atoms with van der Waals surface area (Å²) >= 11 is 0. The lowest BCUT2D eigenvalue weighted by molar-refractivity contribution is -0.137. The van der Waals surface area contributed by atoms with Gasteiger partial charge in [0, 0.05) is 24.9 Å². The van der Waals surface area contributed by atoms with Crippen LogP contribution in [0.5, 0.6) is 0 Å². The molecule has 0 aliphatic carbocycles. The van der Waals surface area contributed by atoms with Crippen LogP contribution in [0.1, 0.15) is 46.5 Å². The van der Waals surface area contributed by atoms with Crippen molar-refractivity contribution in [1.29, 1.82) is 0 Å². The lowest BCUT2D eigenvalue weighted by Gasteiger charge is -2.27. The largest absolute Gasteiger partial charge is 0.396 e. The third kappa shape index (κ3) is 7.45. The third-order valence-corrected chi connectivity index (χ3v) is 3.13. The van der Waals surface area contributed by atoms with Crippen molar-refractivity contribution in [2.75, 3.05) is 19.7 Å². The topological polar surface area (TPSA) is 98.7 Å². The molecule has 1 atom stereocenters. The molecular formula is C14H28N2O4. The van der Waals surface area contributed by atoms with Gasteiger partial charge in [-0.2, -0.15) is 0 Å². The summed E-state index contributed by atoms with van der Waals surface area (Å²) in [5.74, 6) is -0.542. The summed E-state index contributed by atoms with van der Waals surface area (Å²) in [6, 6.07) is 0. The van der Waals surface area contributed by atoms with Gasteiger partial charge in [0.05, 0.1) is 6.61 Å². The Labute approximate surface area is 120 Å². The van der Waals surface area contributed by atoms with Crippen molar-refractivity contribution >= 4 is 11.8 Å². The van der Waals surface area contributed by atoms with E-state index in [2.05, 4.69) is 17.6 Å². The van der Waals surface area contributed by atoms with Gasteiger partial charge in [0.15, 0.2) is 0 Å². The zero-order valence-electron chi connectivity index (χ0n) is 12.7. The fourth-order valence-electron chi connectivity index (χ4n) is 1.49. The Hall–Kier alpha value is -1.14. The standard InChI is InChI=1S/C14H28N2O4/c1-4-5-8-15-11(18)7-6-9-16-13(20)12(19)14(2,3)10-17/h12,17,19H,4-10H2,1-3H3,(H,15,18)(H,16,20)/t12-/m0/s1. The first-order chi connectivity index (χ1) is 9.35. The molecule has 0 radical (unpaired) electrons. The van der Waals surface area contributed by atoms with Crippen LogP contribution in [0.15, 0.2) is 0 Å². The molecule has 0 bridgehead atoms. The van der Waals surface area contributed by atoms with Crippen LogP contribution in [0.4, 0.5) is 0 Å². The van der Waals surface area contributed by atoms with Crippen molar-refractivity contribution in [2.24, 2.45) is 5.41 Å². The van der Waals surface area contributed by atoms with E-state index in [-0.39, 0.29) is 12.5 Å². The van der Waals surface area contributed by atoms with Gasteiger partial charge >= 0.3 is 0 Å². The van der Waals surface area contributed by atoms with Gasteiger partial charge in [0.1, 0.15) is 6.10 Å². The smallest absolute Gasteiger partial charge is 0.249 e. The average molecular weight is 288 g/mol. The molecule has 0 unspecified atom stereocenters. The van der Waals surface area contributed by atoms with Gasteiger partial charge in [-0.3, -0.25) is 9.59 Å². The van der Waals surface area contributed by atoms with Gasteiger partial charge in [-0.1, -0.05) is 27.2 Å². The molecule has 4 N–H and O–H groups in total. The number of aliphatic hydroxyl groups excluding tert-OH is 2. The number of amides is 2. The monoisotopic (exact) mass is 288 g/mol. The van der Waals surface area contributed by atoms with E-state index in [9.17, 15) is 14.7 Å². The lowest BCUT2D eigenvalue weighted by Crippen LogP contribution is -2.45. The molecule has 2 amide bonds. The molecule has 0 fully saturated rings. The maximum atomic E-state index is 11.6. The second kappa shape index (κ2) is 9.72. The van der Waals surface area contributed by atoms with E-state index in [1.807, 2.05) is 0 Å². The highest BCUT2D eigenvalue weighted by molar-refractivity contribution is 5.81. The van der Waals surface area contributed by atoms with E-state index < -0.39 is 17.4 Å². The Morgan fingerprint density at radius 1 is 1.15 bits per heavy atom. The van der Waals surface area contributed by atoms with Crippen molar-refractivity contribution in [3.8, 4) is 0 Å². The number of hydrogen-bond donors (Lipinski definition) is 4. The number of unbranched alkanes of at least 4 members (excludes halogenated alkanes) is 1. The van der Waals surface area contributed by atoms with E-state index in [0.29, 0.717) is 25.9 Å². The molecule has 0 aliphatic rings. The summed E-state index contributed by atoms with van der Waals surface area (Å²) in [5, 5.41) is 24.2. The Morgan fingerprint density at radius 3 is 2.30 bits per heavy atom. The Balaban J connectivity index is 3.79. The summed E-state index contributed by atoms with van der Waals surface area (Å²) in [4.78, 5) is 23.0. The van der Waals surface area contributed by atoms with E-state index in [4.69, 9.17) is 5.11 Å². The SMILES string of the molecule is CCCCNC(=O)CCCNC(=O)[C@H](O)C(C)(C)CO. The second-order valence-electron chi connectivity index (χ2n) is 5.65. The minimum atomic E-state index is -1.26. The Kier molecular flexibility index (Phi) is 9.16. The molecule has 20 heavy (non-hydrogen) atoms. The van der Waals surface area contributed by atoms with Crippen LogP contribution >= 0.6 is 0 Å². The normalized spacial score (nSPS) is 12.8. The Bertz CT molecular complexity index is 306. The zero-order chi connectivity index (χ0) is 15.6. The molecule has 0 heterocycles. The van der Waals surface area contributed by atoms with Crippen LogP contribution in [0.25, 0.3) is 0 Å². The minimum Gasteiger partial charge on any atom is -0.396 e. The van der Waals surface area contributed by atoms with Crippen molar-refractivity contribution in [2.45, 2.75) is 52.6 Å². The molecule has 0 aromatic carbocycles. The average Bonchev–Trinajstić information content (AvgIpc) is 2.42. The fourth-order valence-corrected chi connectivity index (χ4v) is 1.49. The van der Waals surface area contributed by atoms with Crippen molar-refractivity contribution in [3.05, 3.63) is 0 Å². The number of carbonyl (C=O) groups is 2. The maximum absolute atomic E-state index is 11.6. The third-order valence-electron chi connectivity index (χ3n) is 3.13. The molecule has 0 aliphatic heterocycles. The van der Waals surface area contributed by atoms with Crippen molar-refractivity contribution < 1.29 is 19.8 Å². The summed E-state index contributed by atoms with van der Waals surface area (Å²) in [5.41, 5.74) is -0.873. The van der Waals surface area contributed by atoms with Crippen LogP contribution in [0.3, 0.4) is 0 Å². The predicted molar refractivity (Wildman–Crippen MR) is 77.0 cm³/mol. The summed E-state index contributed by atoms with van der Waals surface area (Å²) in [7, 11) is 0. The van der Waals surface area contributed by atoms with E-state index in [1.165, 1.54) is 0 Å². The highest BCUT2D eigenvalue weighted by Crippen LogP contribution is 2.19. The summed E-state index contributed by atoms with van der Waals surface area (Å²) < 4.78 is 0. The quantitative estimate of drug-likeness (QED) is 0.431. The summed E-state index contributed by atoms with van der Waals surface area (Å²) in [6.07, 6.45) is 1.62. The number of rotatable bonds is 10. The number of aliphatic hydroxyl groups is 2. The lowest BCUT2D eigenvalue weighted by atomic mass is 9.87. The van der Waals surface area contributed by atoms with Crippen LogP contribution < -0.4 is 10.6 Å². The van der Waals surface area contributed by atoms with Crippen LogP contribution in [0.2, 0.25) is 0 Å². The van der Waals surface area contributed by atoms with E-state index in [0.717, 1.165) is 12.8 Å².